The first-order valence-corrected chi connectivity index (χ1v) is 7.91. The normalized spacial score (nSPS) is 43.6. The number of fused-ring (bicyclic) bond motifs is 1. The van der Waals surface area contributed by atoms with Gasteiger partial charge >= 0.3 is 5.97 Å². The van der Waals surface area contributed by atoms with E-state index in [1.54, 1.807) is 6.92 Å². The quantitative estimate of drug-likeness (QED) is 0.486. The predicted octanol–water partition coefficient (Wildman–Crippen LogP) is 1.85. The van der Waals surface area contributed by atoms with Gasteiger partial charge in [0, 0.05) is 18.3 Å². The van der Waals surface area contributed by atoms with Gasteiger partial charge in [-0.3, -0.25) is 9.59 Å². The van der Waals surface area contributed by atoms with Gasteiger partial charge in [0.15, 0.2) is 17.7 Å². The molecule has 2 fully saturated rings. The molecule has 6 nitrogen and oxygen atoms in total. The van der Waals surface area contributed by atoms with Crippen molar-refractivity contribution < 1.29 is 29.2 Å². The molecule has 1 saturated heterocycles. The predicted molar refractivity (Wildman–Crippen MR) is 77.4 cm³/mol. The number of aliphatic hydroxyl groups is 1. The molecule has 0 amide bonds. The second-order valence-corrected chi connectivity index (χ2v) is 6.93. The second kappa shape index (κ2) is 6.26. The standard InChI is InChI=1S/C16H26O6/c1-10-5-6-13(11(2)14(18)20-4)16(9-17)12(10)7-8-15(3,19)21-22-16/h9-13,19H,5-8H2,1-4H3/t10-,11-,12+,13+,15-,16-/m1/s1. The summed E-state index contributed by atoms with van der Waals surface area (Å²) in [5.74, 6) is -2.43. The maximum atomic E-state index is 12.0. The van der Waals surface area contributed by atoms with Gasteiger partial charge in [-0.2, -0.15) is 0 Å². The molecule has 2 rings (SSSR count). The highest BCUT2D eigenvalue weighted by Crippen LogP contribution is 2.50. The Morgan fingerprint density at radius 3 is 2.64 bits per heavy atom. The fourth-order valence-corrected chi connectivity index (χ4v) is 4.03. The summed E-state index contributed by atoms with van der Waals surface area (Å²) in [5.41, 5.74) is -1.22. The summed E-state index contributed by atoms with van der Waals surface area (Å²) in [5, 5.41) is 10.1. The van der Waals surface area contributed by atoms with Crippen molar-refractivity contribution in [2.75, 3.05) is 7.11 Å². The molecule has 126 valence electrons. The van der Waals surface area contributed by atoms with Crippen LogP contribution >= 0.6 is 0 Å². The molecular weight excluding hydrogens is 288 g/mol. The van der Waals surface area contributed by atoms with Gasteiger partial charge in [0.2, 0.25) is 0 Å². The molecule has 1 saturated carbocycles. The van der Waals surface area contributed by atoms with Crippen LogP contribution in [-0.2, 0) is 24.1 Å². The molecule has 0 bridgehead atoms. The average Bonchev–Trinajstić information content (AvgIpc) is 2.64. The molecule has 6 atom stereocenters. The van der Waals surface area contributed by atoms with Crippen LogP contribution in [0, 0.1) is 23.7 Å². The monoisotopic (exact) mass is 314 g/mol. The van der Waals surface area contributed by atoms with E-state index in [2.05, 4.69) is 6.92 Å². The average molecular weight is 314 g/mol. The molecule has 1 aliphatic carbocycles. The van der Waals surface area contributed by atoms with Gasteiger partial charge in [-0.15, -0.1) is 0 Å². The van der Waals surface area contributed by atoms with Crippen LogP contribution in [0.15, 0.2) is 0 Å². The van der Waals surface area contributed by atoms with Gasteiger partial charge in [-0.05, 0) is 32.1 Å². The number of carbonyl (C=O) groups is 2. The lowest BCUT2D eigenvalue weighted by Crippen LogP contribution is -2.56. The lowest BCUT2D eigenvalue weighted by molar-refractivity contribution is -0.451. The molecule has 0 aromatic rings. The van der Waals surface area contributed by atoms with E-state index < -0.39 is 17.3 Å². The second-order valence-electron chi connectivity index (χ2n) is 6.93. The van der Waals surface area contributed by atoms with E-state index >= 15 is 0 Å². The minimum atomic E-state index is -1.42. The molecule has 0 radical (unpaired) electrons. The molecule has 1 aliphatic heterocycles. The van der Waals surface area contributed by atoms with Crippen LogP contribution in [-0.4, -0.2) is 35.9 Å². The lowest BCUT2D eigenvalue weighted by Gasteiger charge is -2.47. The smallest absolute Gasteiger partial charge is 0.308 e. The first-order chi connectivity index (χ1) is 10.3. The number of ether oxygens (including phenoxy) is 1. The third kappa shape index (κ3) is 2.92. The van der Waals surface area contributed by atoms with Crippen molar-refractivity contribution in [1.29, 1.82) is 0 Å². The van der Waals surface area contributed by atoms with Gasteiger partial charge in [0.1, 0.15) is 0 Å². The van der Waals surface area contributed by atoms with Gasteiger partial charge in [0.05, 0.1) is 13.0 Å². The minimum Gasteiger partial charge on any atom is -0.469 e. The number of carbonyl (C=O) groups excluding carboxylic acids is 2. The highest BCUT2D eigenvalue weighted by atomic mass is 17.2. The van der Waals surface area contributed by atoms with Crippen molar-refractivity contribution in [2.45, 2.75) is 57.8 Å². The third-order valence-electron chi connectivity index (χ3n) is 5.42. The van der Waals surface area contributed by atoms with Crippen molar-refractivity contribution >= 4 is 12.3 Å². The Hall–Kier alpha value is -0.980. The van der Waals surface area contributed by atoms with Crippen molar-refractivity contribution in [2.24, 2.45) is 23.7 Å². The lowest BCUT2D eigenvalue weighted by atomic mass is 9.60. The topological polar surface area (TPSA) is 82.1 Å². The number of hydrogen-bond acceptors (Lipinski definition) is 6. The van der Waals surface area contributed by atoms with Crippen molar-refractivity contribution in [3.05, 3.63) is 0 Å². The van der Waals surface area contributed by atoms with E-state index in [4.69, 9.17) is 14.5 Å². The summed E-state index contributed by atoms with van der Waals surface area (Å²) in [4.78, 5) is 34.7. The Kier molecular flexibility index (Phi) is 4.94. The molecule has 22 heavy (non-hydrogen) atoms. The fraction of sp³-hybridized carbons (Fsp3) is 0.875. The fourth-order valence-electron chi connectivity index (χ4n) is 4.03. The number of methoxy groups -OCH3 is 1. The Morgan fingerprint density at radius 2 is 2.05 bits per heavy atom. The first kappa shape index (κ1) is 17.4. The van der Waals surface area contributed by atoms with Crippen LogP contribution in [0.2, 0.25) is 0 Å². The van der Waals surface area contributed by atoms with Crippen molar-refractivity contribution in [1.82, 2.24) is 0 Å². The summed E-state index contributed by atoms with van der Waals surface area (Å²) in [6.07, 6.45) is 3.34. The van der Waals surface area contributed by atoms with Crippen LogP contribution < -0.4 is 0 Å². The Morgan fingerprint density at radius 1 is 1.36 bits per heavy atom. The van der Waals surface area contributed by atoms with Gasteiger partial charge in [-0.1, -0.05) is 13.8 Å². The molecule has 0 unspecified atom stereocenters. The maximum absolute atomic E-state index is 12.0. The molecule has 1 heterocycles. The van der Waals surface area contributed by atoms with E-state index in [0.29, 0.717) is 19.3 Å². The number of hydrogen-bond donors (Lipinski definition) is 1. The zero-order chi connectivity index (χ0) is 16.5. The van der Waals surface area contributed by atoms with Gasteiger partial charge in [-0.25, -0.2) is 9.78 Å². The highest BCUT2D eigenvalue weighted by Gasteiger charge is 2.58. The van der Waals surface area contributed by atoms with E-state index in [-0.39, 0.29) is 23.7 Å². The van der Waals surface area contributed by atoms with Crippen LogP contribution in [0.25, 0.3) is 0 Å². The molecule has 0 aromatic heterocycles. The maximum Gasteiger partial charge on any atom is 0.308 e. The SMILES string of the molecule is COC(=O)[C@H](C)[C@@H]1CC[C@@H](C)[C@@H]2CC[C@](C)(O)OO[C@]21C=O. The molecule has 6 heteroatoms. The number of esters is 1. The molecule has 1 N–H and O–H groups in total. The van der Waals surface area contributed by atoms with E-state index in [1.807, 2.05) is 0 Å². The number of rotatable bonds is 3. The third-order valence-corrected chi connectivity index (χ3v) is 5.42. The highest BCUT2D eigenvalue weighted by molar-refractivity contribution is 5.74. The largest absolute Gasteiger partial charge is 0.469 e. The van der Waals surface area contributed by atoms with E-state index in [1.165, 1.54) is 14.0 Å². The molecule has 0 spiro atoms. The van der Waals surface area contributed by atoms with E-state index in [9.17, 15) is 14.7 Å². The van der Waals surface area contributed by atoms with Gasteiger partial charge < -0.3 is 9.84 Å². The van der Waals surface area contributed by atoms with Crippen LogP contribution in [0.5, 0.6) is 0 Å². The van der Waals surface area contributed by atoms with Crippen LogP contribution in [0.4, 0.5) is 0 Å². The zero-order valence-corrected chi connectivity index (χ0v) is 13.7. The minimum absolute atomic E-state index is 0.0927. The summed E-state index contributed by atoms with van der Waals surface area (Å²) < 4.78 is 4.83. The van der Waals surface area contributed by atoms with Gasteiger partial charge in [0.25, 0.3) is 0 Å². The first-order valence-electron chi connectivity index (χ1n) is 7.91. The van der Waals surface area contributed by atoms with Crippen LogP contribution in [0.3, 0.4) is 0 Å². The molecular formula is C16H26O6. The Balaban J connectivity index is 2.39. The zero-order valence-electron chi connectivity index (χ0n) is 13.7. The van der Waals surface area contributed by atoms with Crippen LogP contribution in [0.1, 0.15) is 46.5 Å². The van der Waals surface area contributed by atoms with Crippen molar-refractivity contribution in [3.8, 4) is 0 Å². The molecule has 0 aromatic carbocycles. The Bertz CT molecular complexity index is 434. The summed E-state index contributed by atoms with van der Waals surface area (Å²) >= 11 is 0. The van der Waals surface area contributed by atoms with Crippen molar-refractivity contribution in [3.63, 3.8) is 0 Å². The number of aldehydes is 1. The molecule has 2 aliphatic rings. The van der Waals surface area contributed by atoms with E-state index in [0.717, 1.165) is 12.7 Å². The Labute approximate surface area is 131 Å². The summed E-state index contributed by atoms with van der Waals surface area (Å²) in [7, 11) is 1.34. The summed E-state index contributed by atoms with van der Waals surface area (Å²) in [6, 6.07) is 0. The summed E-state index contributed by atoms with van der Waals surface area (Å²) in [6.45, 7) is 5.35.